The summed E-state index contributed by atoms with van der Waals surface area (Å²) in [7, 11) is 0. The summed E-state index contributed by atoms with van der Waals surface area (Å²) in [6.45, 7) is 2.11. The highest BCUT2D eigenvalue weighted by Gasteiger charge is 2.09. The molecular formula is C9H10FNO2. The second kappa shape index (κ2) is 3.89. The molecule has 0 saturated heterocycles. The van der Waals surface area contributed by atoms with Crippen LogP contribution in [-0.4, -0.2) is 12.5 Å². The van der Waals surface area contributed by atoms with E-state index < -0.39 is 11.7 Å². The van der Waals surface area contributed by atoms with E-state index in [0.717, 1.165) is 6.07 Å². The summed E-state index contributed by atoms with van der Waals surface area (Å²) in [4.78, 5) is 10.8. The third-order valence-electron chi connectivity index (χ3n) is 1.51. The molecule has 0 radical (unpaired) electrons. The van der Waals surface area contributed by atoms with Gasteiger partial charge in [-0.15, -0.1) is 0 Å². The first-order valence-corrected chi connectivity index (χ1v) is 3.87. The molecule has 0 aliphatic rings. The van der Waals surface area contributed by atoms with Crippen molar-refractivity contribution in [2.45, 2.75) is 6.92 Å². The van der Waals surface area contributed by atoms with Crippen LogP contribution in [0.5, 0.6) is 5.75 Å². The minimum atomic E-state index is -0.622. The van der Waals surface area contributed by atoms with Crippen molar-refractivity contribution < 1.29 is 13.9 Å². The number of benzene rings is 1. The average Bonchev–Trinajstić information content (AvgIpc) is 2.04. The van der Waals surface area contributed by atoms with E-state index in [1.165, 1.54) is 12.1 Å². The lowest BCUT2D eigenvalue weighted by atomic mass is 10.2. The molecule has 0 unspecified atom stereocenters. The fraction of sp³-hybridized carbons (Fsp3) is 0.222. The Hall–Kier alpha value is -1.58. The van der Waals surface area contributed by atoms with E-state index >= 15 is 0 Å². The molecule has 3 nitrogen and oxygen atoms in total. The van der Waals surface area contributed by atoms with E-state index in [0.29, 0.717) is 6.61 Å². The van der Waals surface area contributed by atoms with Gasteiger partial charge in [-0.05, 0) is 19.1 Å². The molecule has 4 heteroatoms. The number of ether oxygens (including phenoxy) is 1. The summed E-state index contributed by atoms with van der Waals surface area (Å²) >= 11 is 0. The summed E-state index contributed by atoms with van der Waals surface area (Å²) < 4.78 is 17.7. The largest absolute Gasteiger partial charge is 0.493 e. The van der Waals surface area contributed by atoms with Crippen LogP contribution < -0.4 is 10.5 Å². The van der Waals surface area contributed by atoms with E-state index in [2.05, 4.69) is 0 Å². The summed E-state index contributed by atoms with van der Waals surface area (Å²) in [5.41, 5.74) is 5.25. The third kappa shape index (κ3) is 2.18. The van der Waals surface area contributed by atoms with Gasteiger partial charge in [-0.2, -0.15) is 0 Å². The molecule has 0 bridgehead atoms. The second-order valence-corrected chi connectivity index (χ2v) is 2.44. The highest BCUT2D eigenvalue weighted by atomic mass is 19.1. The molecule has 0 aliphatic carbocycles. The number of hydrogen-bond acceptors (Lipinski definition) is 2. The number of hydrogen-bond donors (Lipinski definition) is 1. The van der Waals surface area contributed by atoms with E-state index in [1.807, 2.05) is 0 Å². The zero-order valence-electron chi connectivity index (χ0n) is 7.21. The molecule has 0 aromatic heterocycles. The van der Waals surface area contributed by atoms with Crippen LogP contribution >= 0.6 is 0 Å². The van der Waals surface area contributed by atoms with Gasteiger partial charge in [-0.25, -0.2) is 4.39 Å². The molecule has 0 aliphatic heterocycles. The number of nitrogens with two attached hydrogens (primary N) is 1. The van der Waals surface area contributed by atoms with Crippen molar-refractivity contribution in [1.82, 2.24) is 0 Å². The Balaban J connectivity index is 3.10. The zero-order valence-corrected chi connectivity index (χ0v) is 7.21. The van der Waals surface area contributed by atoms with Gasteiger partial charge in [0.1, 0.15) is 11.6 Å². The topological polar surface area (TPSA) is 52.3 Å². The molecule has 0 spiro atoms. The van der Waals surface area contributed by atoms with Crippen molar-refractivity contribution in [2.75, 3.05) is 6.61 Å². The highest BCUT2D eigenvalue weighted by molar-refractivity contribution is 5.95. The number of amides is 1. The predicted molar refractivity (Wildman–Crippen MR) is 46.1 cm³/mol. The van der Waals surface area contributed by atoms with Gasteiger partial charge in [0, 0.05) is 6.07 Å². The van der Waals surface area contributed by atoms with Gasteiger partial charge < -0.3 is 10.5 Å². The Labute approximate surface area is 75.3 Å². The number of primary amides is 1. The van der Waals surface area contributed by atoms with Crippen LogP contribution in [0.4, 0.5) is 4.39 Å². The first-order chi connectivity index (χ1) is 6.15. The first-order valence-electron chi connectivity index (χ1n) is 3.87. The molecule has 0 heterocycles. The van der Waals surface area contributed by atoms with Gasteiger partial charge in [0.25, 0.3) is 5.91 Å². The number of halogens is 1. The van der Waals surface area contributed by atoms with Crippen LogP contribution in [0.25, 0.3) is 0 Å². The molecular weight excluding hydrogens is 173 g/mol. The number of rotatable bonds is 3. The fourth-order valence-corrected chi connectivity index (χ4v) is 0.975. The summed E-state index contributed by atoms with van der Waals surface area (Å²) in [5.74, 6) is -0.882. The van der Waals surface area contributed by atoms with Crippen molar-refractivity contribution in [2.24, 2.45) is 5.73 Å². The summed E-state index contributed by atoms with van der Waals surface area (Å²) in [6.07, 6.45) is 0. The quantitative estimate of drug-likeness (QED) is 0.768. The van der Waals surface area contributed by atoms with E-state index in [4.69, 9.17) is 10.5 Å². The molecule has 0 fully saturated rings. The van der Waals surface area contributed by atoms with Gasteiger partial charge in [-0.3, -0.25) is 4.79 Å². The molecule has 1 aromatic carbocycles. The molecule has 0 saturated carbocycles. The summed E-state index contributed by atoms with van der Waals surface area (Å²) in [5, 5.41) is 0. The Bertz CT molecular complexity index is 325. The predicted octanol–water partition coefficient (Wildman–Crippen LogP) is 1.32. The van der Waals surface area contributed by atoms with E-state index in [-0.39, 0.29) is 11.3 Å². The van der Waals surface area contributed by atoms with Gasteiger partial charge in [-0.1, -0.05) is 0 Å². The number of carbonyl (C=O) groups is 1. The van der Waals surface area contributed by atoms with Gasteiger partial charge in [0.05, 0.1) is 12.2 Å². The van der Waals surface area contributed by atoms with Crippen LogP contribution in [-0.2, 0) is 0 Å². The molecule has 1 amide bonds. The van der Waals surface area contributed by atoms with Gasteiger partial charge >= 0.3 is 0 Å². The first kappa shape index (κ1) is 9.51. The Morgan fingerprint density at radius 3 is 2.85 bits per heavy atom. The lowest BCUT2D eigenvalue weighted by molar-refractivity contribution is 0.0996. The van der Waals surface area contributed by atoms with Crippen LogP contribution in [0.15, 0.2) is 18.2 Å². The third-order valence-corrected chi connectivity index (χ3v) is 1.51. The zero-order chi connectivity index (χ0) is 9.84. The van der Waals surface area contributed by atoms with Crippen molar-refractivity contribution in [3.8, 4) is 5.75 Å². The standard InChI is InChI=1S/C9H10FNO2/c1-2-13-8-5-6(10)3-4-7(8)9(11)12/h3-5H,2H2,1H3,(H2,11,12). The maximum atomic E-state index is 12.7. The monoisotopic (exact) mass is 183 g/mol. The van der Waals surface area contributed by atoms with Gasteiger partial charge in [0.2, 0.25) is 0 Å². The summed E-state index contributed by atoms with van der Waals surface area (Å²) in [6, 6.07) is 3.62. The lowest BCUT2D eigenvalue weighted by Crippen LogP contribution is -2.13. The van der Waals surface area contributed by atoms with E-state index in [9.17, 15) is 9.18 Å². The smallest absolute Gasteiger partial charge is 0.252 e. The number of carbonyl (C=O) groups excluding carboxylic acids is 1. The van der Waals surface area contributed by atoms with Crippen molar-refractivity contribution in [3.05, 3.63) is 29.6 Å². The van der Waals surface area contributed by atoms with Gasteiger partial charge in [0.15, 0.2) is 0 Å². The second-order valence-electron chi connectivity index (χ2n) is 2.44. The van der Waals surface area contributed by atoms with Crippen molar-refractivity contribution >= 4 is 5.91 Å². The highest BCUT2D eigenvalue weighted by Crippen LogP contribution is 2.19. The Morgan fingerprint density at radius 2 is 2.31 bits per heavy atom. The van der Waals surface area contributed by atoms with Crippen LogP contribution in [0, 0.1) is 5.82 Å². The molecule has 0 atom stereocenters. The van der Waals surface area contributed by atoms with Crippen molar-refractivity contribution in [3.63, 3.8) is 0 Å². The maximum absolute atomic E-state index is 12.7. The maximum Gasteiger partial charge on any atom is 0.252 e. The lowest BCUT2D eigenvalue weighted by Gasteiger charge is -2.06. The van der Waals surface area contributed by atoms with Crippen LogP contribution in [0.2, 0.25) is 0 Å². The molecule has 1 rings (SSSR count). The van der Waals surface area contributed by atoms with Crippen LogP contribution in [0.3, 0.4) is 0 Å². The fourth-order valence-electron chi connectivity index (χ4n) is 0.975. The Kier molecular flexibility index (Phi) is 2.84. The SMILES string of the molecule is CCOc1cc(F)ccc1C(N)=O. The average molecular weight is 183 g/mol. The van der Waals surface area contributed by atoms with E-state index in [1.54, 1.807) is 6.92 Å². The minimum absolute atomic E-state index is 0.190. The molecule has 1 aromatic rings. The normalized spacial score (nSPS) is 9.69. The molecule has 2 N–H and O–H groups in total. The molecule has 70 valence electrons. The Morgan fingerprint density at radius 1 is 1.62 bits per heavy atom. The minimum Gasteiger partial charge on any atom is -0.493 e. The van der Waals surface area contributed by atoms with Crippen molar-refractivity contribution in [1.29, 1.82) is 0 Å². The van der Waals surface area contributed by atoms with Crippen LogP contribution in [0.1, 0.15) is 17.3 Å². The molecule has 13 heavy (non-hydrogen) atoms.